The lowest BCUT2D eigenvalue weighted by molar-refractivity contribution is -0.125. The zero-order chi connectivity index (χ0) is 13.9. The molecule has 2 aromatic rings. The van der Waals surface area contributed by atoms with E-state index in [9.17, 15) is 4.79 Å². The van der Waals surface area contributed by atoms with Gasteiger partial charge in [-0.3, -0.25) is 4.79 Å². The Balaban J connectivity index is 0.00000200. The van der Waals surface area contributed by atoms with Gasteiger partial charge in [0.15, 0.2) is 0 Å². The van der Waals surface area contributed by atoms with E-state index in [-0.39, 0.29) is 18.3 Å². The van der Waals surface area contributed by atoms with Gasteiger partial charge in [-0.25, -0.2) is 0 Å². The summed E-state index contributed by atoms with van der Waals surface area (Å²) >= 11 is 0. The van der Waals surface area contributed by atoms with Crippen molar-refractivity contribution < 1.29 is 4.79 Å². The first-order chi connectivity index (χ1) is 9.16. The highest BCUT2D eigenvalue weighted by atomic mass is 35.5. The summed E-state index contributed by atoms with van der Waals surface area (Å²) in [6.45, 7) is 4.38. The number of carbonyl (C=O) groups is 1. The van der Waals surface area contributed by atoms with Crippen LogP contribution in [-0.2, 0) is 4.79 Å². The van der Waals surface area contributed by atoms with Crippen LogP contribution in [0, 0.1) is 5.41 Å². The number of amides is 1. The van der Waals surface area contributed by atoms with Crippen LogP contribution in [0.25, 0.3) is 10.9 Å². The molecule has 5 heteroatoms. The fourth-order valence-corrected chi connectivity index (χ4v) is 2.40. The molecule has 0 aliphatic heterocycles. The molecule has 1 aromatic heterocycles. The number of carbonyl (C=O) groups excluding carboxylic acids is 1. The van der Waals surface area contributed by atoms with Gasteiger partial charge in [0.05, 0.1) is 11.1 Å². The maximum Gasteiger partial charge on any atom is 0.231 e. The molecule has 0 aliphatic rings. The van der Waals surface area contributed by atoms with Crippen molar-refractivity contribution in [3.05, 3.63) is 30.5 Å². The Hall–Kier alpha value is -1.52. The first kappa shape index (κ1) is 16.5. The van der Waals surface area contributed by atoms with Gasteiger partial charge in [-0.2, -0.15) is 0 Å². The Morgan fingerprint density at radius 2 is 2.00 bits per heavy atom. The number of rotatable bonds is 5. The fourth-order valence-electron chi connectivity index (χ4n) is 2.40. The Kier molecular flexibility index (Phi) is 5.60. The smallest absolute Gasteiger partial charge is 0.231 e. The molecule has 0 unspecified atom stereocenters. The molecule has 4 nitrogen and oxygen atoms in total. The van der Waals surface area contributed by atoms with E-state index in [0.717, 1.165) is 29.4 Å². The maximum atomic E-state index is 12.5. The predicted octanol–water partition coefficient (Wildman–Crippen LogP) is 3.29. The lowest BCUT2D eigenvalue weighted by atomic mass is 9.81. The molecule has 20 heavy (non-hydrogen) atoms. The summed E-state index contributed by atoms with van der Waals surface area (Å²) in [5, 5.41) is 4.05. The van der Waals surface area contributed by atoms with Crippen molar-refractivity contribution in [2.75, 3.05) is 11.9 Å². The van der Waals surface area contributed by atoms with Gasteiger partial charge in [-0.1, -0.05) is 19.9 Å². The van der Waals surface area contributed by atoms with Crippen LogP contribution >= 0.6 is 12.4 Å². The molecule has 4 N–H and O–H groups in total. The number of nitrogens with two attached hydrogens (primary N) is 1. The second-order valence-corrected chi connectivity index (χ2v) is 4.89. The van der Waals surface area contributed by atoms with Crippen LogP contribution in [0.4, 0.5) is 5.69 Å². The van der Waals surface area contributed by atoms with E-state index in [0.29, 0.717) is 6.54 Å². The topological polar surface area (TPSA) is 70.9 Å². The number of benzene rings is 1. The summed E-state index contributed by atoms with van der Waals surface area (Å²) < 4.78 is 0. The first-order valence-electron chi connectivity index (χ1n) is 6.74. The number of nitrogens with one attached hydrogen (secondary N) is 2. The summed E-state index contributed by atoms with van der Waals surface area (Å²) in [4.78, 5) is 15.6. The molecule has 2 rings (SSSR count). The van der Waals surface area contributed by atoms with Crippen molar-refractivity contribution >= 4 is 34.9 Å². The summed E-state index contributed by atoms with van der Waals surface area (Å²) in [7, 11) is 0. The summed E-state index contributed by atoms with van der Waals surface area (Å²) in [5.41, 5.74) is 7.19. The number of H-pyrrole nitrogens is 1. The van der Waals surface area contributed by atoms with Crippen molar-refractivity contribution in [3.8, 4) is 0 Å². The SMILES string of the molecule is CCC(CC)(CN)C(=O)Nc1cccc2[nH]ccc12.Cl. The molecule has 0 fully saturated rings. The summed E-state index contributed by atoms with van der Waals surface area (Å²) in [6.07, 6.45) is 3.36. The van der Waals surface area contributed by atoms with E-state index in [4.69, 9.17) is 5.73 Å². The largest absolute Gasteiger partial charge is 0.361 e. The Labute approximate surface area is 125 Å². The van der Waals surface area contributed by atoms with Crippen LogP contribution < -0.4 is 11.1 Å². The van der Waals surface area contributed by atoms with Crippen molar-refractivity contribution in [2.24, 2.45) is 11.1 Å². The number of hydrogen-bond acceptors (Lipinski definition) is 2. The molecule has 0 spiro atoms. The zero-order valence-electron chi connectivity index (χ0n) is 11.9. The average Bonchev–Trinajstić information content (AvgIpc) is 2.91. The maximum absolute atomic E-state index is 12.5. The van der Waals surface area contributed by atoms with Gasteiger partial charge in [0, 0.05) is 23.6 Å². The van der Waals surface area contributed by atoms with Crippen LogP contribution in [-0.4, -0.2) is 17.4 Å². The monoisotopic (exact) mass is 295 g/mol. The number of aromatic amines is 1. The van der Waals surface area contributed by atoms with E-state index in [1.54, 1.807) is 0 Å². The summed E-state index contributed by atoms with van der Waals surface area (Å²) in [5.74, 6) is 0.00806. The quantitative estimate of drug-likeness (QED) is 0.792. The van der Waals surface area contributed by atoms with Crippen LogP contribution in [0.5, 0.6) is 0 Å². The van der Waals surface area contributed by atoms with E-state index in [1.165, 1.54) is 0 Å². The normalized spacial score (nSPS) is 11.2. The third-order valence-electron chi connectivity index (χ3n) is 4.07. The molecule has 0 saturated heterocycles. The van der Waals surface area contributed by atoms with Gasteiger partial charge in [0.2, 0.25) is 5.91 Å². The van der Waals surface area contributed by atoms with Gasteiger partial charge >= 0.3 is 0 Å². The first-order valence-corrected chi connectivity index (χ1v) is 6.74. The average molecular weight is 296 g/mol. The molecule has 0 saturated carbocycles. The number of aromatic nitrogens is 1. The van der Waals surface area contributed by atoms with Crippen LogP contribution in [0.3, 0.4) is 0 Å². The van der Waals surface area contributed by atoms with Gasteiger partial charge in [-0.15, -0.1) is 12.4 Å². The van der Waals surface area contributed by atoms with Gasteiger partial charge in [0.25, 0.3) is 0 Å². The van der Waals surface area contributed by atoms with E-state index < -0.39 is 5.41 Å². The second kappa shape index (κ2) is 6.77. The third kappa shape index (κ3) is 2.81. The molecule has 0 atom stereocenters. The number of hydrogen-bond donors (Lipinski definition) is 3. The predicted molar refractivity (Wildman–Crippen MR) is 86.2 cm³/mol. The van der Waals surface area contributed by atoms with Crippen LogP contribution in [0.15, 0.2) is 30.5 Å². The minimum Gasteiger partial charge on any atom is -0.361 e. The molecule has 1 aromatic carbocycles. The van der Waals surface area contributed by atoms with Gasteiger partial charge in [0.1, 0.15) is 0 Å². The molecule has 1 amide bonds. The molecule has 0 radical (unpaired) electrons. The van der Waals surface area contributed by atoms with Gasteiger partial charge in [-0.05, 0) is 31.0 Å². The minimum absolute atomic E-state index is 0. The molecular formula is C15H22ClN3O. The molecule has 1 heterocycles. The molecule has 110 valence electrons. The van der Waals surface area contributed by atoms with E-state index in [1.807, 2.05) is 44.3 Å². The van der Waals surface area contributed by atoms with E-state index >= 15 is 0 Å². The highest BCUT2D eigenvalue weighted by Gasteiger charge is 2.33. The van der Waals surface area contributed by atoms with E-state index in [2.05, 4.69) is 10.3 Å². The Morgan fingerprint density at radius 3 is 2.60 bits per heavy atom. The highest BCUT2D eigenvalue weighted by Crippen LogP contribution is 2.29. The van der Waals surface area contributed by atoms with Crippen molar-refractivity contribution in [1.29, 1.82) is 0 Å². The second-order valence-electron chi connectivity index (χ2n) is 4.89. The van der Waals surface area contributed by atoms with Crippen LogP contribution in [0.2, 0.25) is 0 Å². The molecular weight excluding hydrogens is 274 g/mol. The Morgan fingerprint density at radius 1 is 1.30 bits per heavy atom. The standard InChI is InChI=1S/C15H21N3O.ClH/c1-3-15(4-2,10-16)14(19)18-13-7-5-6-12-11(13)8-9-17-12;/h5-9,17H,3-4,10,16H2,1-2H3,(H,18,19);1H. The zero-order valence-corrected chi connectivity index (χ0v) is 12.7. The number of fused-ring (bicyclic) bond motifs is 1. The highest BCUT2D eigenvalue weighted by molar-refractivity contribution is 6.03. The van der Waals surface area contributed by atoms with Crippen LogP contribution in [0.1, 0.15) is 26.7 Å². The Bertz CT molecular complexity index is 567. The van der Waals surface area contributed by atoms with Crippen molar-refractivity contribution in [3.63, 3.8) is 0 Å². The minimum atomic E-state index is -0.474. The van der Waals surface area contributed by atoms with Crippen molar-refractivity contribution in [2.45, 2.75) is 26.7 Å². The van der Waals surface area contributed by atoms with Crippen molar-refractivity contribution in [1.82, 2.24) is 4.98 Å². The van der Waals surface area contributed by atoms with Gasteiger partial charge < -0.3 is 16.0 Å². The lowest BCUT2D eigenvalue weighted by Gasteiger charge is -2.28. The third-order valence-corrected chi connectivity index (χ3v) is 4.07. The fraction of sp³-hybridized carbons (Fsp3) is 0.400. The lowest BCUT2D eigenvalue weighted by Crippen LogP contribution is -2.41. The number of anilines is 1. The number of halogens is 1. The molecule has 0 bridgehead atoms. The summed E-state index contributed by atoms with van der Waals surface area (Å²) in [6, 6.07) is 7.80. The molecule has 0 aliphatic carbocycles.